The lowest BCUT2D eigenvalue weighted by Crippen LogP contribution is -2.31. The molecule has 3 N–H and O–H groups in total. The lowest BCUT2D eigenvalue weighted by Gasteiger charge is -2.28. The van der Waals surface area contributed by atoms with Gasteiger partial charge in [-0.3, -0.25) is 14.5 Å². The minimum absolute atomic E-state index is 0.0535. The van der Waals surface area contributed by atoms with Crippen LogP contribution in [-0.2, 0) is 0 Å². The summed E-state index contributed by atoms with van der Waals surface area (Å²) >= 11 is 12.4. The topological polar surface area (TPSA) is 92.1 Å². The van der Waals surface area contributed by atoms with E-state index in [2.05, 4.69) is 20.7 Å². The van der Waals surface area contributed by atoms with Gasteiger partial charge < -0.3 is 15.7 Å². The van der Waals surface area contributed by atoms with Crippen LogP contribution in [-0.4, -0.2) is 38.7 Å². The average molecular weight is 550 g/mol. The van der Waals surface area contributed by atoms with Gasteiger partial charge >= 0.3 is 0 Å². The number of hydrogen-bond donors (Lipinski definition) is 3. The number of pyridine rings is 1. The van der Waals surface area contributed by atoms with Crippen molar-refractivity contribution in [1.29, 1.82) is 0 Å². The fourth-order valence-corrected chi connectivity index (χ4v) is 5.85. The van der Waals surface area contributed by atoms with Gasteiger partial charge in [-0.05, 0) is 81.0 Å². The number of phenolic OH excluding ortho intramolecular Hbond substituents is 1. The second-order valence-corrected chi connectivity index (χ2v) is 11.1. The highest BCUT2D eigenvalue weighted by Crippen LogP contribution is 2.41. The zero-order chi connectivity index (χ0) is 26.4. The van der Waals surface area contributed by atoms with Crippen molar-refractivity contribution >= 4 is 51.3 Å². The van der Waals surface area contributed by atoms with E-state index in [1.807, 2.05) is 42.3 Å². The molecule has 2 fully saturated rings. The summed E-state index contributed by atoms with van der Waals surface area (Å²) in [6, 6.07) is 10.1. The van der Waals surface area contributed by atoms with E-state index >= 15 is 0 Å². The van der Waals surface area contributed by atoms with Crippen molar-refractivity contribution in [3.8, 4) is 16.9 Å². The molecule has 196 valence electrons. The van der Waals surface area contributed by atoms with Gasteiger partial charge in [0.25, 0.3) is 0 Å². The zero-order valence-corrected chi connectivity index (χ0v) is 22.6. The maximum atomic E-state index is 13.3. The molecule has 2 aromatic carbocycles. The Hall–Kier alpha value is -3.13. The number of halogens is 2. The Balaban J connectivity index is 1.39. The Bertz CT molecular complexity index is 1500. The minimum Gasteiger partial charge on any atom is -0.505 e. The van der Waals surface area contributed by atoms with Gasteiger partial charge in [-0.2, -0.15) is 5.10 Å². The average Bonchev–Trinajstić information content (AvgIpc) is 3.69. The second-order valence-electron chi connectivity index (χ2n) is 10.3. The monoisotopic (exact) mass is 549 g/mol. The number of carbonyl (C=O) groups is 1. The van der Waals surface area contributed by atoms with Crippen molar-refractivity contribution < 1.29 is 9.90 Å². The Kier molecular flexibility index (Phi) is 6.76. The standard InChI is InChI=1S/C29H29Cl2N5O2/c1-32-19-5-7-21(8-6-19)36-15-20(13-34-36)35-27-22-10-17(18-11-24(30)29(38)25(31)12-18)4-9-26(22)33-14-23(27)28(37)16-2-3-16/h4,9-16,19,21,32,38H,2-3,5-8H2,1H3,(H,33,35)/t19-,21-. The second kappa shape index (κ2) is 10.2. The van der Waals surface area contributed by atoms with Crippen LogP contribution in [0.3, 0.4) is 0 Å². The number of nitrogens with one attached hydrogen (secondary N) is 2. The molecule has 0 bridgehead atoms. The molecule has 2 heterocycles. The van der Waals surface area contributed by atoms with Gasteiger partial charge in [-0.25, -0.2) is 0 Å². The molecule has 0 saturated heterocycles. The van der Waals surface area contributed by atoms with Gasteiger partial charge in [0.15, 0.2) is 11.5 Å². The first-order valence-corrected chi connectivity index (χ1v) is 13.8. The van der Waals surface area contributed by atoms with Gasteiger partial charge in [-0.15, -0.1) is 0 Å². The van der Waals surface area contributed by atoms with Crippen LogP contribution in [0, 0.1) is 5.92 Å². The minimum atomic E-state index is -0.143. The molecule has 0 radical (unpaired) electrons. The maximum absolute atomic E-state index is 13.3. The highest BCUT2D eigenvalue weighted by atomic mass is 35.5. The molecule has 2 saturated carbocycles. The number of rotatable bonds is 7. The molecular weight excluding hydrogens is 521 g/mol. The molecular formula is C29H29Cl2N5O2. The number of aromatic nitrogens is 3. The molecule has 0 aliphatic heterocycles. The number of carbonyl (C=O) groups excluding carboxylic acids is 1. The summed E-state index contributed by atoms with van der Waals surface area (Å²) in [6.07, 6.45) is 11.8. The molecule has 2 aliphatic rings. The van der Waals surface area contributed by atoms with Gasteiger partial charge in [0.2, 0.25) is 0 Å². The number of nitrogens with zero attached hydrogens (tertiary/aromatic N) is 3. The van der Waals surface area contributed by atoms with Crippen LogP contribution in [0.4, 0.5) is 11.4 Å². The normalized spacial score (nSPS) is 19.6. The molecule has 0 atom stereocenters. The largest absolute Gasteiger partial charge is 0.505 e. The highest BCUT2D eigenvalue weighted by molar-refractivity contribution is 6.37. The summed E-state index contributed by atoms with van der Waals surface area (Å²) < 4.78 is 2.05. The number of anilines is 2. The summed E-state index contributed by atoms with van der Waals surface area (Å²) in [7, 11) is 2.02. The summed E-state index contributed by atoms with van der Waals surface area (Å²) in [5.74, 6) is 0.0225. The molecule has 2 aliphatic carbocycles. The molecule has 2 aromatic heterocycles. The van der Waals surface area contributed by atoms with Crippen LogP contribution < -0.4 is 10.6 Å². The number of phenols is 1. The molecule has 7 nitrogen and oxygen atoms in total. The summed E-state index contributed by atoms with van der Waals surface area (Å²) in [5, 5.41) is 22.7. The number of Topliss-reactive ketones (excluding diaryl/α,β-unsaturated/α-hetero) is 1. The predicted molar refractivity (Wildman–Crippen MR) is 152 cm³/mol. The molecule has 0 spiro atoms. The number of ketones is 1. The Morgan fingerprint density at radius 3 is 2.42 bits per heavy atom. The fourth-order valence-electron chi connectivity index (χ4n) is 5.37. The number of benzene rings is 2. The lowest BCUT2D eigenvalue weighted by molar-refractivity contribution is 0.0968. The van der Waals surface area contributed by atoms with Gasteiger partial charge in [0.05, 0.1) is 44.7 Å². The van der Waals surface area contributed by atoms with Crippen molar-refractivity contribution in [3.05, 3.63) is 64.5 Å². The van der Waals surface area contributed by atoms with Crippen LogP contribution in [0.2, 0.25) is 10.0 Å². The van der Waals surface area contributed by atoms with E-state index < -0.39 is 0 Å². The predicted octanol–water partition coefficient (Wildman–Crippen LogP) is 7.15. The third-order valence-electron chi connectivity index (χ3n) is 7.78. The Morgan fingerprint density at radius 2 is 1.74 bits per heavy atom. The molecule has 38 heavy (non-hydrogen) atoms. The first-order valence-electron chi connectivity index (χ1n) is 13.0. The van der Waals surface area contributed by atoms with E-state index in [4.69, 9.17) is 23.2 Å². The first kappa shape index (κ1) is 25.2. The molecule has 4 aromatic rings. The fraction of sp³-hybridized carbons (Fsp3) is 0.345. The number of fused-ring (bicyclic) bond motifs is 1. The number of aromatic hydroxyl groups is 1. The summed E-state index contributed by atoms with van der Waals surface area (Å²) in [4.78, 5) is 17.9. The molecule has 6 rings (SSSR count). The van der Waals surface area contributed by atoms with Crippen molar-refractivity contribution in [2.24, 2.45) is 5.92 Å². The van der Waals surface area contributed by atoms with Crippen molar-refractivity contribution in [1.82, 2.24) is 20.1 Å². The van der Waals surface area contributed by atoms with E-state index in [1.165, 1.54) is 0 Å². The maximum Gasteiger partial charge on any atom is 0.169 e. The first-order chi connectivity index (χ1) is 18.4. The van der Waals surface area contributed by atoms with E-state index in [0.29, 0.717) is 17.6 Å². The molecule has 0 amide bonds. The van der Waals surface area contributed by atoms with Crippen molar-refractivity contribution in [2.75, 3.05) is 12.4 Å². The third kappa shape index (κ3) is 4.86. The van der Waals surface area contributed by atoms with Gasteiger partial charge in [-0.1, -0.05) is 29.3 Å². The third-order valence-corrected chi connectivity index (χ3v) is 8.36. The zero-order valence-electron chi connectivity index (χ0n) is 21.0. The van der Waals surface area contributed by atoms with Crippen molar-refractivity contribution in [2.45, 2.75) is 50.6 Å². The van der Waals surface area contributed by atoms with Crippen LogP contribution in [0.15, 0.2) is 48.9 Å². The van der Waals surface area contributed by atoms with E-state index in [0.717, 1.165) is 71.9 Å². The smallest absolute Gasteiger partial charge is 0.169 e. The van der Waals surface area contributed by atoms with E-state index in [1.54, 1.807) is 18.3 Å². The summed E-state index contributed by atoms with van der Waals surface area (Å²) in [6.45, 7) is 0. The SMILES string of the molecule is CN[C@H]1CC[C@H](n2cc(Nc3c(C(=O)C4CC4)cnc4ccc(-c5cc(Cl)c(O)c(Cl)c5)cc34)cn2)CC1. The van der Waals surface area contributed by atoms with Gasteiger partial charge in [0.1, 0.15) is 0 Å². The van der Waals surface area contributed by atoms with Crippen LogP contribution in [0.5, 0.6) is 5.75 Å². The van der Waals surface area contributed by atoms with E-state index in [-0.39, 0.29) is 27.5 Å². The van der Waals surface area contributed by atoms with E-state index in [9.17, 15) is 9.90 Å². The molecule has 0 unspecified atom stereocenters. The summed E-state index contributed by atoms with van der Waals surface area (Å²) in [5.41, 5.74) is 4.51. The Labute approximate surface area is 231 Å². The van der Waals surface area contributed by atoms with Crippen LogP contribution in [0.25, 0.3) is 22.0 Å². The van der Waals surface area contributed by atoms with Crippen molar-refractivity contribution in [3.63, 3.8) is 0 Å². The highest BCUT2D eigenvalue weighted by Gasteiger charge is 2.33. The van der Waals surface area contributed by atoms with Crippen LogP contribution in [0.1, 0.15) is 54.9 Å². The lowest BCUT2D eigenvalue weighted by atomic mass is 9.91. The Morgan fingerprint density at radius 1 is 1.00 bits per heavy atom. The van der Waals surface area contributed by atoms with Gasteiger partial charge in [0, 0.05) is 29.7 Å². The molecule has 9 heteroatoms. The number of hydrogen-bond acceptors (Lipinski definition) is 6. The van der Waals surface area contributed by atoms with Crippen LogP contribution >= 0.6 is 23.2 Å². The quantitative estimate of drug-likeness (QED) is 0.212.